The summed E-state index contributed by atoms with van der Waals surface area (Å²) in [5.74, 6) is 0.878. The summed E-state index contributed by atoms with van der Waals surface area (Å²) in [6.45, 7) is 4.31. The van der Waals surface area contributed by atoms with Crippen LogP contribution in [0, 0.1) is 6.92 Å². The molecule has 0 aliphatic carbocycles. The lowest BCUT2D eigenvalue weighted by molar-refractivity contribution is 0.182. The molecule has 1 heterocycles. The van der Waals surface area contributed by atoms with Crippen molar-refractivity contribution in [3.05, 3.63) is 47.3 Å². The summed E-state index contributed by atoms with van der Waals surface area (Å²) in [5, 5.41) is 13.6. The molecule has 21 heavy (non-hydrogen) atoms. The molecule has 1 aromatic heterocycles. The van der Waals surface area contributed by atoms with Crippen molar-refractivity contribution in [3.8, 4) is 5.75 Å². The summed E-state index contributed by atoms with van der Waals surface area (Å²) in [6.07, 6.45) is 1.89. The Labute approximate surface area is 125 Å². The lowest BCUT2D eigenvalue weighted by Gasteiger charge is -2.22. The first-order chi connectivity index (χ1) is 10.2. The number of hydrogen-bond acceptors (Lipinski definition) is 4. The number of nitrogens with zero attached hydrogens (tertiary/aromatic N) is 3. The molecule has 0 aliphatic heterocycles. The Morgan fingerprint density at radius 3 is 2.57 bits per heavy atom. The Balaban J connectivity index is 2.13. The van der Waals surface area contributed by atoms with Crippen molar-refractivity contribution in [1.82, 2.24) is 14.7 Å². The SMILES string of the molecule is COc1ccccc1CN(CCO)Cc1cnn(C)c1C. The first-order valence-electron chi connectivity index (χ1n) is 7.08. The van der Waals surface area contributed by atoms with Gasteiger partial charge in [-0.25, -0.2) is 0 Å². The Morgan fingerprint density at radius 2 is 1.95 bits per heavy atom. The van der Waals surface area contributed by atoms with Crippen LogP contribution in [-0.2, 0) is 20.1 Å². The van der Waals surface area contributed by atoms with Gasteiger partial charge in [0.2, 0.25) is 0 Å². The van der Waals surface area contributed by atoms with Crippen LogP contribution in [0.4, 0.5) is 0 Å². The Bertz CT molecular complexity index is 581. The molecule has 0 saturated carbocycles. The summed E-state index contributed by atoms with van der Waals surface area (Å²) in [7, 11) is 3.62. The highest BCUT2D eigenvalue weighted by Crippen LogP contribution is 2.20. The predicted octanol–water partition coefficient (Wildman–Crippen LogP) is 1.73. The molecule has 0 saturated heterocycles. The van der Waals surface area contributed by atoms with Gasteiger partial charge in [-0.1, -0.05) is 18.2 Å². The largest absolute Gasteiger partial charge is 0.496 e. The first kappa shape index (κ1) is 15.5. The van der Waals surface area contributed by atoms with E-state index in [9.17, 15) is 5.11 Å². The van der Waals surface area contributed by atoms with E-state index in [0.717, 1.165) is 30.1 Å². The smallest absolute Gasteiger partial charge is 0.123 e. The molecule has 0 unspecified atom stereocenters. The standard InChI is InChI=1S/C16H23N3O2/c1-13-15(10-17-18(13)2)12-19(8-9-20)11-14-6-4-5-7-16(14)21-3/h4-7,10,20H,8-9,11-12H2,1-3H3. The van der Waals surface area contributed by atoms with Crippen LogP contribution in [0.25, 0.3) is 0 Å². The summed E-state index contributed by atoms with van der Waals surface area (Å²) >= 11 is 0. The third-order valence-electron chi connectivity index (χ3n) is 3.73. The lowest BCUT2D eigenvalue weighted by atomic mass is 10.1. The van der Waals surface area contributed by atoms with Crippen molar-refractivity contribution in [2.75, 3.05) is 20.3 Å². The molecule has 0 radical (unpaired) electrons. The Hall–Kier alpha value is -1.85. The highest BCUT2D eigenvalue weighted by molar-refractivity contribution is 5.33. The molecule has 5 heteroatoms. The molecule has 0 aliphatic rings. The second-order valence-electron chi connectivity index (χ2n) is 5.12. The van der Waals surface area contributed by atoms with E-state index in [4.69, 9.17) is 4.74 Å². The van der Waals surface area contributed by atoms with Crippen LogP contribution in [0.5, 0.6) is 5.75 Å². The number of aliphatic hydroxyl groups excluding tert-OH is 1. The van der Waals surface area contributed by atoms with Crippen molar-refractivity contribution >= 4 is 0 Å². The van der Waals surface area contributed by atoms with Gasteiger partial charge >= 0.3 is 0 Å². The predicted molar refractivity (Wildman–Crippen MR) is 82.1 cm³/mol. The van der Waals surface area contributed by atoms with Crippen molar-refractivity contribution in [2.24, 2.45) is 7.05 Å². The second kappa shape index (κ2) is 7.24. The van der Waals surface area contributed by atoms with E-state index in [2.05, 4.69) is 23.0 Å². The molecular weight excluding hydrogens is 266 g/mol. The van der Waals surface area contributed by atoms with Gasteiger partial charge in [-0.15, -0.1) is 0 Å². The maximum Gasteiger partial charge on any atom is 0.123 e. The first-order valence-corrected chi connectivity index (χ1v) is 7.08. The van der Waals surface area contributed by atoms with Crippen LogP contribution in [0.2, 0.25) is 0 Å². The number of benzene rings is 1. The normalized spacial score (nSPS) is 11.1. The average Bonchev–Trinajstić information content (AvgIpc) is 2.80. The minimum atomic E-state index is 0.133. The fourth-order valence-electron chi connectivity index (χ4n) is 2.37. The molecule has 5 nitrogen and oxygen atoms in total. The molecule has 1 N–H and O–H groups in total. The number of para-hydroxylation sites is 1. The minimum absolute atomic E-state index is 0.133. The van der Waals surface area contributed by atoms with Gasteiger partial charge < -0.3 is 9.84 Å². The van der Waals surface area contributed by atoms with Gasteiger partial charge in [0.15, 0.2) is 0 Å². The van der Waals surface area contributed by atoms with E-state index in [-0.39, 0.29) is 6.61 Å². The van der Waals surface area contributed by atoms with Crippen molar-refractivity contribution < 1.29 is 9.84 Å². The van der Waals surface area contributed by atoms with Gasteiger partial charge in [-0.2, -0.15) is 5.10 Å². The summed E-state index contributed by atoms with van der Waals surface area (Å²) in [5.41, 5.74) is 3.45. The fraction of sp³-hybridized carbons (Fsp3) is 0.438. The van der Waals surface area contributed by atoms with Crippen molar-refractivity contribution in [1.29, 1.82) is 0 Å². The summed E-state index contributed by atoms with van der Waals surface area (Å²) < 4.78 is 7.27. The monoisotopic (exact) mass is 289 g/mol. The Kier molecular flexibility index (Phi) is 5.36. The number of ether oxygens (including phenoxy) is 1. The van der Waals surface area contributed by atoms with Gasteiger partial charge in [0.1, 0.15) is 5.75 Å². The average molecular weight is 289 g/mol. The van der Waals surface area contributed by atoms with Gasteiger partial charge in [0.25, 0.3) is 0 Å². The van der Waals surface area contributed by atoms with E-state index in [1.807, 2.05) is 36.1 Å². The molecule has 2 rings (SSSR count). The summed E-state index contributed by atoms with van der Waals surface area (Å²) in [6, 6.07) is 7.98. The molecule has 0 spiro atoms. The topological polar surface area (TPSA) is 50.5 Å². The van der Waals surface area contributed by atoms with Gasteiger partial charge in [-0.3, -0.25) is 9.58 Å². The molecule has 0 amide bonds. The number of aryl methyl sites for hydroxylation is 1. The van der Waals surface area contributed by atoms with Gasteiger partial charge in [0.05, 0.1) is 19.9 Å². The zero-order chi connectivity index (χ0) is 15.2. The minimum Gasteiger partial charge on any atom is -0.496 e. The highest BCUT2D eigenvalue weighted by atomic mass is 16.5. The third kappa shape index (κ3) is 3.83. The Morgan fingerprint density at radius 1 is 1.24 bits per heavy atom. The van der Waals surface area contributed by atoms with Crippen LogP contribution in [0.1, 0.15) is 16.8 Å². The number of hydrogen-bond donors (Lipinski definition) is 1. The zero-order valence-corrected chi connectivity index (χ0v) is 12.9. The van der Waals surface area contributed by atoms with Crippen molar-refractivity contribution in [3.63, 3.8) is 0 Å². The third-order valence-corrected chi connectivity index (χ3v) is 3.73. The molecule has 0 bridgehead atoms. The number of methoxy groups -OCH3 is 1. The van der Waals surface area contributed by atoms with Crippen molar-refractivity contribution in [2.45, 2.75) is 20.0 Å². The van der Waals surface area contributed by atoms with E-state index in [0.29, 0.717) is 6.54 Å². The molecule has 1 aromatic carbocycles. The van der Waals surface area contributed by atoms with Gasteiger partial charge in [0, 0.05) is 43.5 Å². The van der Waals surface area contributed by atoms with Crippen LogP contribution in [-0.4, -0.2) is 40.0 Å². The second-order valence-corrected chi connectivity index (χ2v) is 5.12. The van der Waals surface area contributed by atoms with Crippen LogP contribution in [0.3, 0.4) is 0 Å². The number of rotatable bonds is 7. The van der Waals surface area contributed by atoms with E-state index in [1.165, 1.54) is 5.56 Å². The lowest BCUT2D eigenvalue weighted by Crippen LogP contribution is -2.26. The summed E-state index contributed by atoms with van der Waals surface area (Å²) in [4.78, 5) is 2.20. The van der Waals surface area contributed by atoms with E-state index in [1.54, 1.807) is 7.11 Å². The van der Waals surface area contributed by atoms with E-state index >= 15 is 0 Å². The van der Waals surface area contributed by atoms with Gasteiger partial charge in [-0.05, 0) is 13.0 Å². The number of aliphatic hydroxyl groups is 1. The number of aromatic nitrogens is 2. The fourth-order valence-corrected chi connectivity index (χ4v) is 2.37. The molecule has 0 atom stereocenters. The molecule has 114 valence electrons. The maximum absolute atomic E-state index is 9.30. The molecule has 0 fully saturated rings. The highest BCUT2D eigenvalue weighted by Gasteiger charge is 2.12. The zero-order valence-electron chi connectivity index (χ0n) is 12.9. The van der Waals surface area contributed by atoms with Crippen LogP contribution < -0.4 is 4.74 Å². The van der Waals surface area contributed by atoms with Crippen LogP contribution in [0.15, 0.2) is 30.5 Å². The molecular formula is C16H23N3O2. The quantitative estimate of drug-likeness (QED) is 0.843. The van der Waals surface area contributed by atoms with E-state index < -0.39 is 0 Å². The maximum atomic E-state index is 9.30. The van der Waals surface area contributed by atoms with Crippen LogP contribution >= 0.6 is 0 Å². The molecule has 2 aromatic rings.